The topological polar surface area (TPSA) is 68.3 Å². The van der Waals surface area contributed by atoms with E-state index in [0.717, 1.165) is 10.4 Å². The van der Waals surface area contributed by atoms with Crippen molar-refractivity contribution >= 4 is 23.2 Å². The molecule has 0 aliphatic heterocycles. The summed E-state index contributed by atoms with van der Waals surface area (Å²) in [6, 6.07) is 7.84. The number of nitrogens with zero attached hydrogens (tertiary/aromatic N) is 2. The average molecular weight is 463 g/mol. The molecule has 0 N–H and O–H groups in total. The van der Waals surface area contributed by atoms with E-state index in [1.54, 1.807) is 44.5 Å². The number of hydrogen-bond acceptors (Lipinski definition) is 6. The summed E-state index contributed by atoms with van der Waals surface area (Å²) in [6.07, 6.45) is 1.02. The van der Waals surface area contributed by atoms with Gasteiger partial charge in [0, 0.05) is 31.5 Å². The lowest BCUT2D eigenvalue weighted by molar-refractivity contribution is -0.141. The first-order valence-electron chi connectivity index (χ1n) is 10.7. The second kappa shape index (κ2) is 13.1. The molecule has 32 heavy (non-hydrogen) atoms. The van der Waals surface area contributed by atoms with E-state index in [9.17, 15) is 9.59 Å². The van der Waals surface area contributed by atoms with Gasteiger partial charge in [-0.05, 0) is 48.1 Å². The van der Waals surface area contributed by atoms with E-state index in [1.807, 2.05) is 35.4 Å². The number of aryl methyl sites for hydroxylation is 1. The van der Waals surface area contributed by atoms with Crippen LogP contribution < -0.4 is 9.47 Å². The van der Waals surface area contributed by atoms with Gasteiger partial charge in [0.25, 0.3) is 0 Å². The van der Waals surface area contributed by atoms with Crippen molar-refractivity contribution in [2.24, 2.45) is 0 Å². The van der Waals surface area contributed by atoms with Crippen molar-refractivity contribution in [1.82, 2.24) is 9.80 Å². The fourth-order valence-electron chi connectivity index (χ4n) is 3.31. The third kappa shape index (κ3) is 7.24. The van der Waals surface area contributed by atoms with E-state index >= 15 is 0 Å². The molecule has 1 aromatic heterocycles. The Morgan fingerprint density at radius 1 is 0.969 bits per heavy atom. The SMILES string of the molecule is CCC(=O)N(CCOC)CC(=O)N(CCc1ccc(OC)c(OC)c1)Cc1sccc1C. The molecule has 2 aromatic rings. The van der Waals surface area contributed by atoms with Crippen LogP contribution in [-0.4, -0.2) is 69.2 Å². The second-order valence-corrected chi connectivity index (χ2v) is 8.44. The summed E-state index contributed by atoms with van der Waals surface area (Å²) in [5, 5.41) is 2.03. The minimum absolute atomic E-state index is 0.0480. The highest BCUT2D eigenvalue weighted by molar-refractivity contribution is 7.10. The van der Waals surface area contributed by atoms with E-state index in [1.165, 1.54) is 5.56 Å². The Bertz CT molecular complexity index is 883. The molecular formula is C24H34N2O5S. The van der Waals surface area contributed by atoms with E-state index < -0.39 is 0 Å². The molecule has 8 heteroatoms. The second-order valence-electron chi connectivity index (χ2n) is 7.44. The van der Waals surface area contributed by atoms with Gasteiger partial charge in [0.15, 0.2) is 11.5 Å². The number of hydrogen-bond donors (Lipinski definition) is 0. The molecule has 0 aliphatic rings. The number of benzene rings is 1. The number of methoxy groups -OCH3 is 3. The van der Waals surface area contributed by atoms with Crippen LogP contribution in [0.25, 0.3) is 0 Å². The van der Waals surface area contributed by atoms with Crippen LogP contribution in [0.15, 0.2) is 29.6 Å². The van der Waals surface area contributed by atoms with Gasteiger partial charge in [0.2, 0.25) is 11.8 Å². The molecule has 176 valence electrons. The Morgan fingerprint density at radius 2 is 1.72 bits per heavy atom. The standard InChI is InChI=1S/C24H34N2O5S/c1-6-23(27)26(12-13-29-3)17-24(28)25(16-22-18(2)10-14-32-22)11-9-19-7-8-20(30-4)21(15-19)31-5/h7-8,10,14-15H,6,9,11-13,16-17H2,1-5H3. The zero-order valence-corrected chi connectivity index (χ0v) is 20.5. The van der Waals surface area contributed by atoms with Crippen LogP contribution in [0.2, 0.25) is 0 Å². The lowest BCUT2D eigenvalue weighted by Crippen LogP contribution is -2.44. The van der Waals surface area contributed by atoms with Gasteiger partial charge in [-0.3, -0.25) is 9.59 Å². The Labute approximate surface area is 194 Å². The van der Waals surface area contributed by atoms with Crippen LogP contribution in [0, 0.1) is 6.92 Å². The first-order valence-corrected chi connectivity index (χ1v) is 11.6. The number of rotatable bonds is 13. The summed E-state index contributed by atoms with van der Waals surface area (Å²) in [5.74, 6) is 1.21. The monoisotopic (exact) mass is 462 g/mol. The molecule has 7 nitrogen and oxygen atoms in total. The molecule has 0 aliphatic carbocycles. The summed E-state index contributed by atoms with van der Waals surface area (Å²) in [5.41, 5.74) is 2.21. The molecule has 0 fully saturated rings. The maximum absolute atomic E-state index is 13.3. The Balaban J connectivity index is 2.17. The third-order valence-corrected chi connectivity index (χ3v) is 6.33. The normalized spacial score (nSPS) is 10.7. The lowest BCUT2D eigenvalue weighted by atomic mass is 10.1. The van der Waals surface area contributed by atoms with Crippen molar-refractivity contribution in [3.63, 3.8) is 0 Å². The highest BCUT2D eigenvalue weighted by Crippen LogP contribution is 2.28. The minimum Gasteiger partial charge on any atom is -0.493 e. The molecule has 1 aromatic carbocycles. The molecule has 0 spiro atoms. The zero-order chi connectivity index (χ0) is 23.5. The summed E-state index contributed by atoms with van der Waals surface area (Å²) >= 11 is 1.64. The Kier molecular flexibility index (Phi) is 10.5. The van der Waals surface area contributed by atoms with Gasteiger partial charge in [0.05, 0.1) is 33.9 Å². The summed E-state index contributed by atoms with van der Waals surface area (Å²) < 4.78 is 15.8. The number of ether oxygens (including phenoxy) is 3. The molecule has 1 heterocycles. The van der Waals surface area contributed by atoms with Crippen LogP contribution in [0.5, 0.6) is 11.5 Å². The summed E-state index contributed by atoms with van der Waals surface area (Å²) in [4.78, 5) is 30.2. The minimum atomic E-state index is -0.0730. The van der Waals surface area contributed by atoms with E-state index in [-0.39, 0.29) is 18.4 Å². The maximum Gasteiger partial charge on any atom is 0.242 e. The molecule has 0 saturated carbocycles. The van der Waals surface area contributed by atoms with Crippen molar-refractivity contribution in [2.45, 2.75) is 33.2 Å². The van der Waals surface area contributed by atoms with Crippen LogP contribution >= 0.6 is 11.3 Å². The first-order chi connectivity index (χ1) is 15.4. The van der Waals surface area contributed by atoms with Gasteiger partial charge >= 0.3 is 0 Å². The number of carbonyl (C=O) groups is 2. The van der Waals surface area contributed by atoms with Crippen molar-refractivity contribution < 1.29 is 23.8 Å². The number of carbonyl (C=O) groups excluding carboxylic acids is 2. The highest BCUT2D eigenvalue weighted by atomic mass is 32.1. The van der Waals surface area contributed by atoms with Crippen molar-refractivity contribution in [3.05, 3.63) is 45.6 Å². The largest absolute Gasteiger partial charge is 0.493 e. The van der Waals surface area contributed by atoms with Crippen LogP contribution in [0.3, 0.4) is 0 Å². The summed E-state index contributed by atoms with van der Waals surface area (Å²) in [7, 11) is 4.80. The molecule has 0 bridgehead atoms. The van der Waals surface area contributed by atoms with E-state index in [0.29, 0.717) is 50.6 Å². The quantitative estimate of drug-likeness (QED) is 0.456. The van der Waals surface area contributed by atoms with Crippen molar-refractivity contribution in [2.75, 3.05) is 47.6 Å². The Morgan fingerprint density at radius 3 is 2.31 bits per heavy atom. The fourth-order valence-corrected chi connectivity index (χ4v) is 4.23. The molecule has 0 atom stereocenters. The molecule has 2 rings (SSSR count). The number of amides is 2. The van der Waals surface area contributed by atoms with Crippen LogP contribution in [0.1, 0.15) is 29.3 Å². The van der Waals surface area contributed by atoms with Gasteiger partial charge in [-0.15, -0.1) is 11.3 Å². The molecule has 0 unspecified atom stereocenters. The van der Waals surface area contributed by atoms with E-state index in [4.69, 9.17) is 14.2 Å². The Hall–Kier alpha value is -2.58. The average Bonchev–Trinajstić information content (AvgIpc) is 3.22. The van der Waals surface area contributed by atoms with Crippen molar-refractivity contribution in [3.8, 4) is 11.5 Å². The molecule has 2 amide bonds. The van der Waals surface area contributed by atoms with Crippen LogP contribution in [0.4, 0.5) is 0 Å². The molecular weight excluding hydrogens is 428 g/mol. The third-order valence-electron chi connectivity index (χ3n) is 5.32. The van der Waals surface area contributed by atoms with Gasteiger partial charge in [-0.2, -0.15) is 0 Å². The first kappa shape index (κ1) is 25.7. The maximum atomic E-state index is 13.3. The smallest absolute Gasteiger partial charge is 0.242 e. The molecule has 0 saturated heterocycles. The van der Waals surface area contributed by atoms with Crippen molar-refractivity contribution in [1.29, 1.82) is 0 Å². The van der Waals surface area contributed by atoms with Gasteiger partial charge in [-0.1, -0.05) is 13.0 Å². The zero-order valence-electron chi connectivity index (χ0n) is 19.7. The van der Waals surface area contributed by atoms with Gasteiger partial charge in [0.1, 0.15) is 0 Å². The van der Waals surface area contributed by atoms with Crippen LogP contribution in [-0.2, 0) is 27.3 Å². The van der Waals surface area contributed by atoms with E-state index in [2.05, 4.69) is 6.07 Å². The van der Waals surface area contributed by atoms with Gasteiger partial charge in [-0.25, -0.2) is 0 Å². The lowest BCUT2D eigenvalue weighted by Gasteiger charge is -2.27. The predicted octanol–water partition coefficient (Wildman–Crippen LogP) is 3.53. The highest BCUT2D eigenvalue weighted by Gasteiger charge is 2.21. The predicted molar refractivity (Wildman–Crippen MR) is 126 cm³/mol. The molecule has 0 radical (unpaired) electrons. The fraction of sp³-hybridized carbons (Fsp3) is 0.500. The van der Waals surface area contributed by atoms with Gasteiger partial charge < -0.3 is 24.0 Å². The summed E-state index contributed by atoms with van der Waals surface area (Å²) in [6.45, 7) is 5.75. The number of thiophene rings is 1.